The molecule has 0 aromatic carbocycles. The Balaban J connectivity index is 2.24. The van der Waals surface area contributed by atoms with Crippen molar-refractivity contribution in [3.63, 3.8) is 0 Å². The number of aliphatic hydroxyl groups is 1. The Labute approximate surface area is 83.3 Å². The predicted octanol–water partition coefficient (Wildman–Crippen LogP) is 1.99. The van der Waals surface area contributed by atoms with Crippen molar-refractivity contribution in [2.45, 2.75) is 12.0 Å². The van der Waals surface area contributed by atoms with E-state index in [0.717, 1.165) is 4.47 Å². The lowest BCUT2D eigenvalue weighted by Gasteiger charge is -2.10. The lowest BCUT2D eigenvalue weighted by atomic mass is 10.00. The van der Waals surface area contributed by atoms with Crippen LogP contribution in [0.25, 0.3) is 0 Å². The van der Waals surface area contributed by atoms with Crippen LogP contribution in [-0.2, 0) is 4.74 Å². The highest BCUT2D eigenvalue weighted by molar-refractivity contribution is 9.10. The number of rotatable bonds is 1. The molecule has 4 heteroatoms. The maximum Gasteiger partial charge on any atom is 0.0864 e. The van der Waals surface area contributed by atoms with Crippen LogP contribution < -0.4 is 0 Å². The van der Waals surface area contributed by atoms with E-state index in [9.17, 15) is 5.11 Å². The van der Waals surface area contributed by atoms with E-state index in [1.54, 1.807) is 11.3 Å². The second-order valence-corrected chi connectivity index (χ2v) is 4.48. The van der Waals surface area contributed by atoms with Crippen LogP contribution in [0.15, 0.2) is 15.2 Å². The summed E-state index contributed by atoms with van der Waals surface area (Å²) in [6.45, 7) is 1.10. The molecule has 0 saturated carbocycles. The second-order valence-electron chi connectivity index (χ2n) is 2.89. The highest BCUT2D eigenvalue weighted by atomic mass is 79.9. The van der Waals surface area contributed by atoms with Crippen molar-refractivity contribution in [3.8, 4) is 0 Å². The van der Waals surface area contributed by atoms with Crippen molar-refractivity contribution >= 4 is 27.3 Å². The van der Waals surface area contributed by atoms with E-state index in [0.29, 0.717) is 13.2 Å². The maximum absolute atomic E-state index is 9.54. The summed E-state index contributed by atoms with van der Waals surface area (Å²) in [5, 5.41) is 13.6. The van der Waals surface area contributed by atoms with Gasteiger partial charge in [0.05, 0.1) is 19.3 Å². The minimum absolute atomic E-state index is 0.158. The zero-order valence-corrected chi connectivity index (χ0v) is 8.77. The summed E-state index contributed by atoms with van der Waals surface area (Å²) in [5.74, 6) is 0.158. The Morgan fingerprint density at radius 2 is 2.33 bits per heavy atom. The third kappa shape index (κ3) is 1.44. The van der Waals surface area contributed by atoms with Gasteiger partial charge in [-0.15, -0.1) is 0 Å². The number of ether oxygens (including phenoxy) is 1. The SMILES string of the molecule is OC1COCC1c1cscc1Br. The van der Waals surface area contributed by atoms with E-state index < -0.39 is 0 Å². The molecule has 1 aliphatic rings. The Bertz CT molecular complexity index is 274. The quantitative estimate of drug-likeness (QED) is 0.824. The van der Waals surface area contributed by atoms with Gasteiger partial charge in [0.1, 0.15) is 0 Å². The monoisotopic (exact) mass is 248 g/mol. The summed E-state index contributed by atoms with van der Waals surface area (Å²) in [7, 11) is 0. The molecule has 66 valence electrons. The van der Waals surface area contributed by atoms with Crippen LogP contribution in [0.5, 0.6) is 0 Å². The molecule has 2 unspecified atom stereocenters. The van der Waals surface area contributed by atoms with Crippen molar-refractivity contribution in [2.75, 3.05) is 13.2 Å². The van der Waals surface area contributed by atoms with Gasteiger partial charge in [-0.2, -0.15) is 11.3 Å². The number of hydrogen-bond acceptors (Lipinski definition) is 3. The van der Waals surface area contributed by atoms with E-state index in [1.165, 1.54) is 5.56 Å². The first-order valence-corrected chi connectivity index (χ1v) is 5.50. The molecule has 0 spiro atoms. The molecule has 1 fully saturated rings. The minimum atomic E-state index is -0.337. The molecule has 2 nitrogen and oxygen atoms in total. The lowest BCUT2D eigenvalue weighted by Crippen LogP contribution is -2.15. The summed E-state index contributed by atoms with van der Waals surface area (Å²) in [5.41, 5.74) is 1.17. The van der Waals surface area contributed by atoms with Gasteiger partial charge in [0.25, 0.3) is 0 Å². The molecule has 1 aromatic rings. The summed E-state index contributed by atoms with van der Waals surface area (Å²) >= 11 is 5.09. The first-order chi connectivity index (χ1) is 5.79. The molecule has 0 aliphatic carbocycles. The fourth-order valence-electron chi connectivity index (χ4n) is 1.40. The molecule has 2 rings (SSSR count). The smallest absolute Gasteiger partial charge is 0.0864 e. The van der Waals surface area contributed by atoms with Crippen molar-refractivity contribution in [3.05, 3.63) is 20.8 Å². The third-order valence-electron chi connectivity index (χ3n) is 2.09. The van der Waals surface area contributed by atoms with Crippen LogP contribution in [0.1, 0.15) is 11.5 Å². The van der Waals surface area contributed by atoms with Gasteiger partial charge >= 0.3 is 0 Å². The number of hydrogen-bond donors (Lipinski definition) is 1. The Morgan fingerprint density at radius 1 is 1.50 bits per heavy atom. The molecule has 0 radical (unpaired) electrons. The van der Waals surface area contributed by atoms with E-state index >= 15 is 0 Å². The van der Waals surface area contributed by atoms with Gasteiger partial charge in [-0.25, -0.2) is 0 Å². The summed E-state index contributed by atoms with van der Waals surface area (Å²) in [6, 6.07) is 0. The molecule has 2 atom stereocenters. The maximum atomic E-state index is 9.54. The van der Waals surface area contributed by atoms with Gasteiger partial charge < -0.3 is 9.84 Å². The lowest BCUT2D eigenvalue weighted by molar-refractivity contribution is 0.124. The highest BCUT2D eigenvalue weighted by Crippen LogP contribution is 2.33. The van der Waals surface area contributed by atoms with Gasteiger partial charge in [0.15, 0.2) is 0 Å². The van der Waals surface area contributed by atoms with Gasteiger partial charge in [-0.1, -0.05) is 0 Å². The van der Waals surface area contributed by atoms with Crippen LogP contribution in [0, 0.1) is 0 Å². The van der Waals surface area contributed by atoms with Crippen molar-refractivity contribution in [1.82, 2.24) is 0 Å². The Morgan fingerprint density at radius 3 is 2.83 bits per heavy atom. The first kappa shape index (κ1) is 8.69. The molecule has 12 heavy (non-hydrogen) atoms. The molecule has 1 saturated heterocycles. The minimum Gasteiger partial charge on any atom is -0.390 e. The van der Waals surface area contributed by atoms with E-state index in [-0.39, 0.29) is 12.0 Å². The van der Waals surface area contributed by atoms with Crippen molar-refractivity contribution in [2.24, 2.45) is 0 Å². The summed E-state index contributed by atoms with van der Waals surface area (Å²) in [4.78, 5) is 0. The van der Waals surface area contributed by atoms with Crippen LogP contribution in [0.3, 0.4) is 0 Å². The van der Waals surface area contributed by atoms with Gasteiger partial charge in [-0.05, 0) is 26.9 Å². The zero-order chi connectivity index (χ0) is 8.55. The van der Waals surface area contributed by atoms with Crippen LogP contribution in [0.4, 0.5) is 0 Å². The van der Waals surface area contributed by atoms with Crippen LogP contribution in [0.2, 0.25) is 0 Å². The normalized spacial score (nSPS) is 29.5. The molecular weight excluding hydrogens is 240 g/mol. The highest BCUT2D eigenvalue weighted by Gasteiger charge is 2.29. The fourth-order valence-corrected chi connectivity index (χ4v) is 3.05. The van der Waals surface area contributed by atoms with Crippen LogP contribution >= 0.6 is 27.3 Å². The Hall–Kier alpha value is 0.100. The number of aliphatic hydroxyl groups excluding tert-OH is 1. The van der Waals surface area contributed by atoms with E-state index in [4.69, 9.17) is 4.74 Å². The number of halogens is 1. The summed E-state index contributed by atoms with van der Waals surface area (Å²) in [6.07, 6.45) is -0.337. The van der Waals surface area contributed by atoms with E-state index in [1.807, 2.05) is 5.38 Å². The molecular formula is C8H9BrO2S. The molecule has 0 bridgehead atoms. The third-order valence-corrected chi connectivity index (χ3v) is 3.84. The largest absolute Gasteiger partial charge is 0.390 e. The molecule has 1 aromatic heterocycles. The van der Waals surface area contributed by atoms with Crippen molar-refractivity contribution in [1.29, 1.82) is 0 Å². The standard InChI is InChI=1S/C8H9BrO2S/c9-7-4-12-3-6(7)5-1-11-2-8(5)10/h3-5,8,10H,1-2H2. The molecule has 0 amide bonds. The van der Waals surface area contributed by atoms with E-state index in [2.05, 4.69) is 21.3 Å². The van der Waals surface area contributed by atoms with Gasteiger partial charge in [0.2, 0.25) is 0 Å². The zero-order valence-electron chi connectivity index (χ0n) is 6.37. The molecule has 1 N–H and O–H groups in total. The summed E-state index contributed by atoms with van der Waals surface area (Å²) < 4.78 is 6.27. The number of thiophene rings is 1. The Kier molecular flexibility index (Phi) is 2.50. The van der Waals surface area contributed by atoms with Crippen LogP contribution in [-0.4, -0.2) is 24.4 Å². The average Bonchev–Trinajstić information content (AvgIpc) is 2.59. The van der Waals surface area contributed by atoms with Gasteiger partial charge in [0, 0.05) is 15.8 Å². The topological polar surface area (TPSA) is 29.5 Å². The molecule has 2 heterocycles. The van der Waals surface area contributed by atoms with Crippen molar-refractivity contribution < 1.29 is 9.84 Å². The second kappa shape index (κ2) is 3.46. The fraction of sp³-hybridized carbons (Fsp3) is 0.500. The first-order valence-electron chi connectivity index (χ1n) is 3.76. The molecule has 1 aliphatic heterocycles. The predicted molar refractivity (Wildman–Crippen MR) is 51.6 cm³/mol. The average molecular weight is 249 g/mol. The van der Waals surface area contributed by atoms with Gasteiger partial charge in [-0.3, -0.25) is 0 Å².